The molecule has 3 aromatic rings. The van der Waals surface area contributed by atoms with Gasteiger partial charge in [-0.3, -0.25) is 9.59 Å². The average Bonchev–Trinajstić information content (AvgIpc) is 3.20. The molecule has 8 heteroatoms. The highest BCUT2D eigenvalue weighted by atomic mass is 16.5. The summed E-state index contributed by atoms with van der Waals surface area (Å²) < 4.78 is 10.5. The van der Waals surface area contributed by atoms with Crippen molar-refractivity contribution in [2.45, 2.75) is 26.2 Å². The van der Waals surface area contributed by atoms with Crippen LogP contribution >= 0.6 is 0 Å². The van der Waals surface area contributed by atoms with Crippen LogP contribution in [0, 0.1) is 0 Å². The summed E-state index contributed by atoms with van der Waals surface area (Å²) in [6, 6.07) is 5.46. The van der Waals surface area contributed by atoms with Gasteiger partial charge in [-0.05, 0) is 29.8 Å². The van der Waals surface area contributed by atoms with Crippen LogP contribution in [-0.4, -0.2) is 34.2 Å². The summed E-state index contributed by atoms with van der Waals surface area (Å²) in [4.78, 5) is 37.6. The largest absolute Gasteiger partial charge is 0.493 e. The van der Waals surface area contributed by atoms with Crippen molar-refractivity contribution in [3.63, 3.8) is 0 Å². The number of nitrogens with zero attached hydrogens (tertiary/aromatic N) is 1. The van der Waals surface area contributed by atoms with E-state index < -0.39 is 11.1 Å². The van der Waals surface area contributed by atoms with Crippen LogP contribution in [-0.2, 0) is 5.41 Å². The van der Waals surface area contributed by atoms with E-state index in [1.807, 2.05) is 32.9 Å². The predicted molar refractivity (Wildman–Crippen MR) is 121 cm³/mol. The van der Waals surface area contributed by atoms with E-state index in [2.05, 4.69) is 19.9 Å². The first kappa shape index (κ1) is 21.9. The average molecular weight is 422 g/mol. The van der Waals surface area contributed by atoms with E-state index in [4.69, 9.17) is 9.47 Å². The molecule has 0 saturated heterocycles. The molecule has 3 rings (SSSR count). The monoisotopic (exact) mass is 422 g/mol. The Labute approximate surface area is 179 Å². The van der Waals surface area contributed by atoms with Crippen molar-refractivity contribution in [1.29, 1.82) is 0 Å². The molecule has 3 N–H and O–H groups in total. The Bertz CT molecular complexity index is 1340. The van der Waals surface area contributed by atoms with Crippen LogP contribution in [0.3, 0.4) is 0 Å². The van der Waals surface area contributed by atoms with Gasteiger partial charge >= 0.3 is 0 Å². The van der Waals surface area contributed by atoms with Crippen molar-refractivity contribution >= 4 is 18.2 Å². The van der Waals surface area contributed by atoms with Crippen LogP contribution in [0.2, 0.25) is 0 Å². The van der Waals surface area contributed by atoms with Gasteiger partial charge in [-0.15, -0.1) is 0 Å². The molecule has 1 aromatic carbocycles. The number of nitrogens with one attached hydrogen (secondary N) is 3. The minimum absolute atomic E-state index is 0.142. The third kappa shape index (κ3) is 5.03. The second kappa shape index (κ2) is 8.91. The molecule has 0 unspecified atom stereocenters. The van der Waals surface area contributed by atoms with E-state index in [1.54, 1.807) is 44.8 Å². The Morgan fingerprint density at radius 1 is 0.968 bits per heavy atom. The van der Waals surface area contributed by atoms with Gasteiger partial charge < -0.3 is 24.4 Å². The first-order valence-electron chi connectivity index (χ1n) is 9.71. The lowest BCUT2D eigenvalue weighted by Gasteiger charge is -2.16. The summed E-state index contributed by atoms with van der Waals surface area (Å²) in [5, 5.41) is 0.292. The molecule has 0 saturated carbocycles. The molecule has 0 spiro atoms. The molecule has 0 atom stereocenters. The van der Waals surface area contributed by atoms with Crippen LogP contribution in [0.4, 0.5) is 0 Å². The molecule has 2 heterocycles. The number of rotatable bonds is 5. The summed E-state index contributed by atoms with van der Waals surface area (Å²) in [5.74, 6) is 1.23. The van der Waals surface area contributed by atoms with E-state index in [0.29, 0.717) is 17.2 Å². The molecule has 0 bridgehead atoms. The summed E-state index contributed by atoms with van der Waals surface area (Å²) in [6.45, 7) is 6.11. The van der Waals surface area contributed by atoms with Gasteiger partial charge in [0, 0.05) is 11.1 Å². The minimum atomic E-state index is -0.409. The molecule has 2 aromatic heterocycles. The first-order chi connectivity index (χ1) is 14.7. The van der Waals surface area contributed by atoms with Crippen molar-refractivity contribution in [3.8, 4) is 11.5 Å². The fraction of sp³-hybridized carbons (Fsp3) is 0.261. The molecule has 31 heavy (non-hydrogen) atoms. The van der Waals surface area contributed by atoms with Crippen molar-refractivity contribution in [3.05, 3.63) is 79.0 Å². The number of hydrogen-bond acceptors (Lipinski definition) is 5. The van der Waals surface area contributed by atoms with Crippen LogP contribution < -0.4 is 31.3 Å². The highest BCUT2D eigenvalue weighted by Crippen LogP contribution is 2.28. The maximum Gasteiger partial charge on any atom is 0.272 e. The number of benzene rings is 1. The summed E-state index contributed by atoms with van der Waals surface area (Å²) in [5.41, 5.74) is 1.34. The van der Waals surface area contributed by atoms with Crippen molar-refractivity contribution in [1.82, 2.24) is 19.9 Å². The Morgan fingerprint density at radius 3 is 2.32 bits per heavy atom. The Morgan fingerprint density at radius 2 is 1.65 bits per heavy atom. The Kier molecular flexibility index (Phi) is 6.29. The molecule has 162 valence electrons. The standard InChI is InChI=1S/C23H26N4O4/c1-23(2,3)20-16(24-13-25-20)12-17-22(29)26-15(21(28)27-17)8-6-7-14-9-10-18(30-4)19(11-14)31-5/h6-13H,1-5H3,(H,24,25)(H,26,29)(H,27,28)/b7-6+,15-8-,17-12-. The molecule has 0 amide bonds. The number of allylic oxidation sites excluding steroid dienone is 1. The van der Waals surface area contributed by atoms with Crippen LogP contribution in [0.15, 0.2) is 40.2 Å². The molecule has 8 nitrogen and oxygen atoms in total. The predicted octanol–water partition coefficient (Wildman–Crippen LogP) is 1.42. The van der Waals surface area contributed by atoms with E-state index in [0.717, 1.165) is 11.3 Å². The molecular formula is C23H26N4O4. The van der Waals surface area contributed by atoms with Crippen molar-refractivity contribution < 1.29 is 9.47 Å². The maximum absolute atomic E-state index is 12.5. The van der Waals surface area contributed by atoms with Crippen molar-refractivity contribution in [2.75, 3.05) is 14.2 Å². The third-order valence-electron chi connectivity index (χ3n) is 4.64. The van der Waals surface area contributed by atoms with E-state index in [-0.39, 0.29) is 16.1 Å². The van der Waals surface area contributed by atoms with Crippen LogP contribution in [0.5, 0.6) is 11.5 Å². The van der Waals surface area contributed by atoms with Gasteiger partial charge in [0.05, 0.1) is 26.2 Å². The second-order valence-corrected chi connectivity index (χ2v) is 7.93. The number of ether oxygens (including phenoxy) is 2. The minimum Gasteiger partial charge on any atom is -0.493 e. The fourth-order valence-corrected chi connectivity index (χ4v) is 3.08. The number of aromatic nitrogens is 4. The second-order valence-electron chi connectivity index (χ2n) is 7.93. The highest BCUT2D eigenvalue weighted by molar-refractivity contribution is 5.60. The van der Waals surface area contributed by atoms with Gasteiger partial charge in [0.15, 0.2) is 11.5 Å². The topological polar surface area (TPSA) is 113 Å². The normalized spacial score (nSPS) is 13.2. The zero-order valence-corrected chi connectivity index (χ0v) is 18.2. The molecule has 0 fully saturated rings. The Hall–Kier alpha value is -3.81. The van der Waals surface area contributed by atoms with E-state index in [1.165, 1.54) is 6.08 Å². The maximum atomic E-state index is 12.5. The fourth-order valence-electron chi connectivity index (χ4n) is 3.08. The number of imidazole rings is 1. The number of methoxy groups -OCH3 is 2. The van der Waals surface area contributed by atoms with Gasteiger partial charge in [-0.25, -0.2) is 4.98 Å². The highest BCUT2D eigenvalue weighted by Gasteiger charge is 2.19. The number of H-pyrrole nitrogens is 3. The number of hydrogen-bond donors (Lipinski definition) is 3. The zero-order chi connectivity index (χ0) is 22.6. The molecular weight excluding hydrogens is 396 g/mol. The SMILES string of the molecule is COc1ccc(/C=C/C=c2\[nH]c(=O)/c(=C/c3nc[nH]c3C(C)(C)C)[nH]c2=O)cc1OC. The smallest absolute Gasteiger partial charge is 0.272 e. The molecule has 0 radical (unpaired) electrons. The van der Waals surface area contributed by atoms with Crippen LogP contribution in [0.1, 0.15) is 37.7 Å². The third-order valence-corrected chi connectivity index (χ3v) is 4.64. The lowest BCUT2D eigenvalue weighted by molar-refractivity contribution is 0.355. The van der Waals surface area contributed by atoms with Gasteiger partial charge in [0.1, 0.15) is 10.7 Å². The molecule has 0 aliphatic rings. The van der Waals surface area contributed by atoms with E-state index in [9.17, 15) is 9.59 Å². The van der Waals surface area contributed by atoms with Gasteiger partial charge in [-0.2, -0.15) is 0 Å². The van der Waals surface area contributed by atoms with Gasteiger partial charge in [-0.1, -0.05) is 39.0 Å². The molecule has 0 aliphatic heterocycles. The lowest BCUT2D eigenvalue weighted by Crippen LogP contribution is -2.46. The summed E-state index contributed by atoms with van der Waals surface area (Å²) >= 11 is 0. The van der Waals surface area contributed by atoms with Gasteiger partial charge in [0.25, 0.3) is 11.1 Å². The lowest BCUT2D eigenvalue weighted by atomic mass is 9.90. The van der Waals surface area contributed by atoms with Gasteiger partial charge in [0.2, 0.25) is 0 Å². The van der Waals surface area contributed by atoms with Crippen molar-refractivity contribution in [2.24, 2.45) is 0 Å². The quantitative estimate of drug-likeness (QED) is 0.576. The summed E-state index contributed by atoms with van der Waals surface area (Å²) in [7, 11) is 3.13. The number of aromatic amines is 3. The molecule has 0 aliphatic carbocycles. The Balaban J connectivity index is 1.95. The van der Waals surface area contributed by atoms with E-state index >= 15 is 0 Å². The van der Waals surface area contributed by atoms with Crippen LogP contribution in [0.25, 0.3) is 18.2 Å². The zero-order valence-electron chi connectivity index (χ0n) is 18.2. The first-order valence-corrected chi connectivity index (χ1v) is 9.71. The summed E-state index contributed by atoms with van der Waals surface area (Å²) in [6.07, 6.45) is 8.14.